The average molecular weight is 236 g/mol. The molecule has 1 unspecified atom stereocenters. The Kier molecular flexibility index (Phi) is 4.61. The second-order valence-electron chi connectivity index (χ2n) is 3.93. The van der Waals surface area contributed by atoms with E-state index in [1.165, 1.54) is 24.3 Å². The van der Waals surface area contributed by atoms with Crippen LogP contribution in [0.5, 0.6) is 0 Å². The molecule has 1 amide bonds. The van der Waals surface area contributed by atoms with Crippen molar-refractivity contribution in [1.29, 1.82) is 5.26 Å². The van der Waals surface area contributed by atoms with E-state index >= 15 is 0 Å². The molecular formula is C12H15FN3O+. The molecule has 0 heterocycles. The first-order valence-corrected chi connectivity index (χ1v) is 5.30. The third-order valence-corrected chi connectivity index (χ3v) is 2.50. The Bertz CT molecular complexity index is 424. The predicted molar refractivity (Wildman–Crippen MR) is 61.9 cm³/mol. The van der Waals surface area contributed by atoms with E-state index in [0.717, 1.165) is 4.90 Å². The van der Waals surface area contributed by atoms with E-state index in [-0.39, 0.29) is 24.3 Å². The molecule has 2 atom stereocenters. The quantitative estimate of drug-likeness (QED) is 0.784. The maximum Gasteiger partial charge on any atom is 0.279 e. The number of nitrogens with zero attached hydrogens (tertiary/aromatic N) is 1. The number of carbonyl (C=O) groups excluding carboxylic acids is 1. The number of likely N-dealkylation sites (N-methyl/N-ethyl adjacent to an activating group) is 1. The van der Waals surface area contributed by atoms with Crippen LogP contribution in [0.15, 0.2) is 24.3 Å². The van der Waals surface area contributed by atoms with Crippen molar-refractivity contribution in [2.24, 2.45) is 0 Å². The first-order chi connectivity index (χ1) is 8.02. The molecule has 17 heavy (non-hydrogen) atoms. The fraction of sp³-hybridized carbons (Fsp3) is 0.333. The fourth-order valence-corrected chi connectivity index (χ4v) is 1.25. The second-order valence-corrected chi connectivity index (χ2v) is 3.93. The Morgan fingerprint density at radius 2 is 2.12 bits per heavy atom. The highest BCUT2D eigenvalue weighted by Crippen LogP contribution is 2.07. The van der Waals surface area contributed by atoms with Crippen LogP contribution in [0.1, 0.15) is 6.92 Å². The topological polar surface area (TPSA) is 57.3 Å². The van der Waals surface area contributed by atoms with Crippen molar-refractivity contribution in [1.82, 2.24) is 0 Å². The fourth-order valence-electron chi connectivity index (χ4n) is 1.25. The minimum absolute atomic E-state index is 0.198. The van der Waals surface area contributed by atoms with E-state index in [1.54, 1.807) is 14.0 Å². The first kappa shape index (κ1) is 13.1. The van der Waals surface area contributed by atoms with Crippen molar-refractivity contribution in [3.8, 4) is 6.07 Å². The number of nitrogens with one attached hydrogen (secondary N) is 2. The number of anilines is 1. The van der Waals surface area contributed by atoms with Crippen LogP contribution in [-0.2, 0) is 4.79 Å². The molecule has 0 aliphatic rings. The Morgan fingerprint density at radius 1 is 1.53 bits per heavy atom. The van der Waals surface area contributed by atoms with Crippen molar-refractivity contribution < 1.29 is 14.1 Å². The van der Waals surface area contributed by atoms with E-state index in [4.69, 9.17) is 5.26 Å². The predicted octanol–water partition coefficient (Wildman–Crippen LogP) is 0.191. The van der Waals surface area contributed by atoms with Gasteiger partial charge in [-0.25, -0.2) is 4.39 Å². The largest absolute Gasteiger partial charge is 0.321 e. The van der Waals surface area contributed by atoms with Crippen molar-refractivity contribution in [3.63, 3.8) is 0 Å². The molecule has 4 nitrogen and oxygen atoms in total. The molecule has 0 radical (unpaired) electrons. The lowest BCUT2D eigenvalue weighted by Crippen LogP contribution is -3.13. The minimum Gasteiger partial charge on any atom is -0.321 e. The van der Waals surface area contributed by atoms with Crippen LogP contribution < -0.4 is 10.2 Å². The number of amides is 1. The molecular weight excluding hydrogens is 221 g/mol. The Morgan fingerprint density at radius 3 is 2.65 bits per heavy atom. The molecule has 0 aromatic heterocycles. The van der Waals surface area contributed by atoms with Crippen LogP contribution in [0, 0.1) is 17.1 Å². The molecule has 0 aliphatic heterocycles. The Hall–Kier alpha value is -1.93. The lowest BCUT2D eigenvalue weighted by molar-refractivity contribution is -0.886. The van der Waals surface area contributed by atoms with Gasteiger partial charge in [0.1, 0.15) is 11.9 Å². The second kappa shape index (κ2) is 5.97. The smallest absolute Gasteiger partial charge is 0.279 e. The minimum atomic E-state index is -0.344. The highest BCUT2D eigenvalue weighted by molar-refractivity contribution is 5.91. The van der Waals surface area contributed by atoms with Gasteiger partial charge in [-0.15, -0.1) is 0 Å². The van der Waals surface area contributed by atoms with Crippen molar-refractivity contribution in [2.75, 3.05) is 18.9 Å². The van der Waals surface area contributed by atoms with Gasteiger partial charge in [0, 0.05) is 12.6 Å². The van der Waals surface area contributed by atoms with Crippen LogP contribution in [0.25, 0.3) is 0 Å². The van der Waals surface area contributed by atoms with E-state index in [1.807, 2.05) is 0 Å². The van der Waals surface area contributed by atoms with E-state index < -0.39 is 0 Å². The van der Waals surface area contributed by atoms with Crippen LogP contribution in [0.2, 0.25) is 0 Å². The van der Waals surface area contributed by atoms with Gasteiger partial charge in [0.25, 0.3) is 5.91 Å². The first-order valence-electron chi connectivity index (χ1n) is 5.30. The lowest BCUT2D eigenvalue weighted by atomic mass is 10.3. The summed E-state index contributed by atoms with van der Waals surface area (Å²) in [4.78, 5) is 12.4. The van der Waals surface area contributed by atoms with Gasteiger partial charge in [-0.2, -0.15) is 5.26 Å². The van der Waals surface area contributed by atoms with Gasteiger partial charge in [0.05, 0.1) is 7.05 Å². The van der Waals surface area contributed by atoms with Gasteiger partial charge in [-0.3, -0.25) is 4.79 Å². The summed E-state index contributed by atoms with van der Waals surface area (Å²) in [5, 5.41) is 11.3. The standard InChI is InChI=1S/C12H14FN3O/c1-9(7-14)16(2)8-12(17)15-11-5-3-10(13)4-6-11/h3-6,9H,8H2,1-2H3,(H,15,17)/p+1/t9-/m0/s1. The molecule has 2 N–H and O–H groups in total. The van der Waals surface area contributed by atoms with Crippen molar-refractivity contribution in [3.05, 3.63) is 30.1 Å². The molecule has 0 spiro atoms. The SMILES string of the molecule is C[C@@H](C#N)[NH+](C)CC(=O)Nc1ccc(F)cc1. The molecule has 0 fully saturated rings. The molecule has 0 aliphatic carbocycles. The molecule has 0 saturated heterocycles. The number of halogens is 1. The molecule has 0 saturated carbocycles. The van der Waals surface area contributed by atoms with Crippen LogP contribution in [-0.4, -0.2) is 25.5 Å². The summed E-state index contributed by atoms with van der Waals surface area (Å²) in [6, 6.07) is 7.39. The summed E-state index contributed by atoms with van der Waals surface area (Å²) in [6.07, 6.45) is 0. The molecule has 1 aromatic rings. The highest BCUT2D eigenvalue weighted by Gasteiger charge is 2.15. The third-order valence-electron chi connectivity index (χ3n) is 2.50. The van der Waals surface area contributed by atoms with Gasteiger partial charge >= 0.3 is 0 Å². The average Bonchev–Trinajstić information content (AvgIpc) is 2.30. The number of quaternary nitrogens is 1. The molecule has 0 bridgehead atoms. The van der Waals surface area contributed by atoms with Gasteiger partial charge in [0.15, 0.2) is 12.6 Å². The molecule has 5 heteroatoms. The number of nitriles is 1. The molecule has 1 rings (SSSR count). The summed E-state index contributed by atoms with van der Waals surface area (Å²) in [5.74, 6) is -0.542. The van der Waals surface area contributed by atoms with E-state index in [2.05, 4.69) is 11.4 Å². The van der Waals surface area contributed by atoms with Gasteiger partial charge in [-0.05, 0) is 24.3 Å². The van der Waals surface area contributed by atoms with E-state index in [0.29, 0.717) is 5.69 Å². The summed E-state index contributed by atoms with van der Waals surface area (Å²) < 4.78 is 12.6. The number of hydrogen-bond donors (Lipinski definition) is 2. The van der Waals surface area contributed by atoms with Gasteiger partial charge < -0.3 is 10.2 Å². The zero-order valence-corrected chi connectivity index (χ0v) is 9.83. The summed E-state index contributed by atoms with van der Waals surface area (Å²) in [6.45, 7) is 1.95. The van der Waals surface area contributed by atoms with Crippen LogP contribution >= 0.6 is 0 Å². The Balaban J connectivity index is 2.50. The van der Waals surface area contributed by atoms with Gasteiger partial charge in [0.2, 0.25) is 0 Å². The number of hydrogen-bond acceptors (Lipinski definition) is 2. The number of rotatable bonds is 4. The van der Waals surface area contributed by atoms with Crippen LogP contribution in [0.4, 0.5) is 10.1 Å². The molecule has 90 valence electrons. The van der Waals surface area contributed by atoms with Gasteiger partial charge in [-0.1, -0.05) is 0 Å². The summed E-state index contributed by atoms with van der Waals surface area (Å²) in [7, 11) is 1.78. The van der Waals surface area contributed by atoms with Crippen LogP contribution in [0.3, 0.4) is 0 Å². The van der Waals surface area contributed by atoms with Crippen molar-refractivity contribution in [2.45, 2.75) is 13.0 Å². The normalized spacial score (nSPS) is 13.5. The summed E-state index contributed by atoms with van der Waals surface area (Å²) in [5.41, 5.74) is 0.550. The Labute approximate surface area is 99.7 Å². The molecule has 1 aromatic carbocycles. The number of benzene rings is 1. The third kappa shape index (κ3) is 4.21. The monoisotopic (exact) mass is 236 g/mol. The number of carbonyl (C=O) groups is 1. The maximum absolute atomic E-state index is 12.6. The van der Waals surface area contributed by atoms with Crippen molar-refractivity contribution >= 4 is 11.6 Å². The van der Waals surface area contributed by atoms with E-state index in [9.17, 15) is 9.18 Å². The zero-order valence-electron chi connectivity index (χ0n) is 9.83. The lowest BCUT2D eigenvalue weighted by Gasteiger charge is -2.15. The zero-order chi connectivity index (χ0) is 12.8. The summed E-state index contributed by atoms with van der Waals surface area (Å²) >= 11 is 0. The maximum atomic E-state index is 12.6. The highest BCUT2D eigenvalue weighted by atomic mass is 19.1.